The van der Waals surface area contributed by atoms with Crippen molar-refractivity contribution in [3.63, 3.8) is 0 Å². The molecule has 4 heterocycles. The standard InChI is InChI=1S/C18H27N5O2/c24-14-16-6-4-9-21(16)13-15-5-3-8-20(15)11-12-23-18(25)22-10-2-1-7-17(22)19-23/h1-2,7,10,15-16,24H,3-6,8-9,11-14H2. The molecule has 0 spiro atoms. The Labute approximate surface area is 147 Å². The highest BCUT2D eigenvalue weighted by Gasteiger charge is 2.31. The van der Waals surface area contributed by atoms with E-state index in [-0.39, 0.29) is 12.3 Å². The van der Waals surface area contributed by atoms with Crippen LogP contribution in [-0.4, -0.2) is 74.0 Å². The van der Waals surface area contributed by atoms with Gasteiger partial charge in [-0.2, -0.15) is 0 Å². The van der Waals surface area contributed by atoms with Gasteiger partial charge in [0.2, 0.25) is 0 Å². The minimum atomic E-state index is -0.0637. The summed E-state index contributed by atoms with van der Waals surface area (Å²) in [6, 6.07) is 6.48. The molecule has 25 heavy (non-hydrogen) atoms. The van der Waals surface area contributed by atoms with Gasteiger partial charge >= 0.3 is 5.69 Å². The van der Waals surface area contributed by atoms with Gasteiger partial charge in [-0.25, -0.2) is 9.48 Å². The fraction of sp³-hybridized carbons (Fsp3) is 0.667. The highest BCUT2D eigenvalue weighted by molar-refractivity contribution is 5.35. The molecular weight excluding hydrogens is 318 g/mol. The number of hydrogen-bond donors (Lipinski definition) is 1. The average molecular weight is 345 g/mol. The van der Waals surface area contributed by atoms with Crippen molar-refractivity contribution in [3.8, 4) is 0 Å². The molecule has 4 rings (SSSR count). The third-order valence-electron chi connectivity index (χ3n) is 5.74. The van der Waals surface area contributed by atoms with Crippen LogP contribution in [0.25, 0.3) is 5.65 Å². The van der Waals surface area contributed by atoms with E-state index >= 15 is 0 Å². The summed E-state index contributed by atoms with van der Waals surface area (Å²) in [5.74, 6) is 0. The van der Waals surface area contributed by atoms with Gasteiger partial charge in [0.05, 0.1) is 13.2 Å². The third-order valence-corrected chi connectivity index (χ3v) is 5.74. The summed E-state index contributed by atoms with van der Waals surface area (Å²) in [5, 5.41) is 13.9. The normalized spacial score (nSPS) is 25.3. The zero-order chi connectivity index (χ0) is 17.2. The van der Waals surface area contributed by atoms with E-state index < -0.39 is 0 Å². The lowest BCUT2D eigenvalue weighted by Gasteiger charge is -2.31. The van der Waals surface area contributed by atoms with Gasteiger partial charge in [0.25, 0.3) is 0 Å². The van der Waals surface area contributed by atoms with E-state index in [4.69, 9.17) is 0 Å². The minimum Gasteiger partial charge on any atom is -0.395 e. The minimum absolute atomic E-state index is 0.0637. The van der Waals surface area contributed by atoms with E-state index in [2.05, 4.69) is 14.9 Å². The van der Waals surface area contributed by atoms with Crippen LogP contribution in [0.3, 0.4) is 0 Å². The molecule has 2 aliphatic rings. The van der Waals surface area contributed by atoms with Gasteiger partial charge in [0.1, 0.15) is 0 Å². The summed E-state index contributed by atoms with van der Waals surface area (Å²) in [4.78, 5) is 17.3. The maximum absolute atomic E-state index is 12.4. The van der Waals surface area contributed by atoms with E-state index in [1.165, 1.54) is 19.3 Å². The Morgan fingerprint density at radius 3 is 2.68 bits per heavy atom. The Morgan fingerprint density at radius 2 is 1.88 bits per heavy atom. The van der Waals surface area contributed by atoms with Gasteiger partial charge in [0.15, 0.2) is 5.65 Å². The Bertz CT molecular complexity index is 770. The number of hydrogen-bond acceptors (Lipinski definition) is 5. The second-order valence-corrected chi connectivity index (χ2v) is 7.24. The molecular formula is C18H27N5O2. The molecule has 0 bridgehead atoms. The van der Waals surface area contributed by atoms with Crippen LogP contribution in [0.15, 0.2) is 29.2 Å². The Morgan fingerprint density at radius 1 is 1.08 bits per heavy atom. The van der Waals surface area contributed by atoms with Crippen molar-refractivity contribution in [2.45, 2.75) is 44.3 Å². The molecule has 2 aliphatic heterocycles. The van der Waals surface area contributed by atoms with Crippen LogP contribution < -0.4 is 5.69 Å². The van der Waals surface area contributed by atoms with Crippen LogP contribution in [-0.2, 0) is 6.54 Å². The maximum Gasteiger partial charge on any atom is 0.350 e. The molecule has 2 saturated heterocycles. The summed E-state index contributed by atoms with van der Waals surface area (Å²) >= 11 is 0. The van der Waals surface area contributed by atoms with Crippen molar-refractivity contribution in [3.05, 3.63) is 34.9 Å². The third kappa shape index (κ3) is 3.36. The zero-order valence-electron chi connectivity index (χ0n) is 14.6. The van der Waals surface area contributed by atoms with E-state index in [0.717, 1.165) is 32.6 Å². The molecule has 2 aromatic heterocycles. The molecule has 0 aromatic carbocycles. The molecule has 7 nitrogen and oxygen atoms in total. The number of aliphatic hydroxyl groups excluding tert-OH is 1. The molecule has 136 valence electrons. The maximum atomic E-state index is 12.4. The molecule has 2 atom stereocenters. The molecule has 0 radical (unpaired) electrons. The zero-order valence-corrected chi connectivity index (χ0v) is 14.6. The first-order chi connectivity index (χ1) is 12.3. The van der Waals surface area contributed by atoms with Gasteiger partial charge < -0.3 is 5.11 Å². The predicted octanol–water partition coefficient (Wildman–Crippen LogP) is 0.417. The van der Waals surface area contributed by atoms with Crippen molar-refractivity contribution >= 4 is 5.65 Å². The molecule has 0 saturated carbocycles. The van der Waals surface area contributed by atoms with Crippen molar-refractivity contribution in [2.75, 3.05) is 32.8 Å². The molecule has 2 fully saturated rings. The largest absolute Gasteiger partial charge is 0.395 e. The molecule has 2 aromatic rings. The molecule has 7 heteroatoms. The average Bonchev–Trinajstić information content (AvgIpc) is 3.34. The van der Waals surface area contributed by atoms with Gasteiger partial charge in [-0.15, -0.1) is 5.10 Å². The molecule has 2 unspecified atom stereocenters. The fourth-order valence-corrected chi connectivity index (χ4v) is 4.35. The van der Waals surface area contributed by atoms with Crippen LogP contribution >= 0.6 is 0 Å². The van der Waals surface area contributed by atoms with Crippen molar-refractivity contribution in [1.82, 2.24) is 24.0 Å². The second-order valence-electron chi connectivity index (χ2n) is 7.24. The first-order valence-corrected chi connectivity index (χ1v) is 9.39. The van der Waals surface area contributed by atoms with E-state index in [1.54, 1.807) is 15.3 Å². The van der Waals surface area contributed by atoms with Crippen LogP contribution in [0.4, 0.5) is 0 Å². The number of likely N-dealkylation sites (tertiary alicyclic amines) is 2. The molecule has 0 aliphatic carbocycles. The highest BCUT2D eigenvalue weighted by atomic mass is 16.3. The van der Waals surface area contributed by atoms with Gasteiger partial charge in [-0.1, -0.05) is 6.07 Å². The number of pyridine rings is 1. The monoisotopic (exact) mass is 345 g/mol. The summed E-state index contributed by atoms with van der Waals surface area (Å²) in [7, 11) is 0. The quantitative estimate of drug-likeness (QED) is 0.822. The lowest BCUT2D eigenvalue weighted by atomic mass is 10.2. The van der Waals surface area contributed by atoms with Crippen molar-refractivity contribution < 1.29 is 5.11 Å². The predicted molar refractivity (Wildman–Crippen MR) is 95.7 cm³/mol. The van der Waals surface area contributed by atoms with Crippen LogP contribution in [0.1, 0.15) is 25.7 Å². The van der Waals surface area contributed by atoms with E-state index in [9.17, 15) is 9.90 Å². The second kappa shape index (κ2) is 7.27. The summed E-state index contributed by atoms with van der Waals surface area (Å²) in [6.45, 7) is 4.97. The topological polar surface area (TPSA) is 66.0 Å². The molecule has 1 N–H and O–H groups in total. The number of aromatic nitrogens is 3. The van der Waals surface area contributed by atoms with Crippen LogP contribution in [0, 0.1) is 0 Å². The molecule has 0 amide bonds. The number of fused-ring (bicyclic) bond motifs is 1. The lowest BCUT2D eigenvalue weighted by molar-refractivity contribution is 0.120. The Kier molecular flexibility index (Phi) is 4.87. The van der Waals surface area contributed by atoms with Gasteiger partial charge in [-0.05, 0) is 50.9 Å². The van der Waals surface area contributed by atoms with Crippen molar-refractivity contribution in [2.24, 2.45) is 0 Å². The number of nitrogens with zero attached hydrogens (tertiary/aromatic N) is 5. The lowest BCUT2D eigenvalue weighted by Crippen LogP contribution is -2.44. The fourth-order valence-electron chi connectivity index (χ4n) is 4.35. The Balaban J connectivity index is 1.39. The Hall–Kier alpha value is -1.70. The van der Waals surface area contributed by atoms with Crippen molar-refractivity contribution in [1.29, 1.82) is 0 Å². The summed E-state index contributed by atoms with van der Waals surface area (Å²) < 4.78 is 3.18. The first-order valence-electron chi connectivity index (χ1n) is 9.39. The highest BCUT2D eigenvalue weighted by Crippen LogP contribution is 2.23. The summed E-state index contributed by atoms with van der Waals surface area (Å²) in [5.41, 5.74) is 0.638. The van der Waals surface area contributed by atoms with E-state index in [0.29, 0.717) is 24.3 Å². The van der Waals surface area contributed by atoms with Crippen LogP contribution in [0.2, 0.25) is 0 Å². The van der Waals surface area contributed by atoms with Gasteiger partial charge in [0, 0.05) is 31.4 Å². The SMILES string of the molecule is O=c1n(CCN2CCCC2CN2CCCC2CO)nc2ccccn12. The van der Waals surface area contributed by atoms with Gasteiger partial charge in [-0.3, -0.25) is 14.2 Å². The number of rotatable bonds is 6. The number of aliphatic hydroxyl groups is 1. The van der Waals surface area contributed by atoms with Crippen LogP contribution in [0.5, 0.6) is 0 Å². The van der Waals surface area contributed by atoms with E-state index in [1.807, 2.05) is 18.2 Å². The first kappa shape index (κ1) is 16.8. The summed E-state index contributed by atoms with van der Waals surface area (Å²) in [6.07, 6.45) is 6.48. The smallest absolute Gasteiger partial charge is 0.350 e.